The molecule has 1 aromatic heterocycles. The minimum atomic E-state index is -0.839. The number of rotatable bonds is 3. The first-order valence-electron chi connectivity index (χ1n) is 4.76. The summed E-state index contributed by atoms with van der Waals surface area (Å²) in [6.07, 6.45) is 0. The molecule has 90 valence electrons. The van der Waals surface area contributed by atoms with Crippen LogP contribution in [0.5, 0.6) is 0 Å². The van der Waals surface area contributed by atoms with Crippen LogP contribution in [-0.4, -0.2) is 29.3 Å². The number of halogens is 2. The Labute approximate surface area is 105 Å². The molecule has 0 fully saturated rings. The number of aliphatic hydroxyl groups is 1. The zero-order valence-corrected chi connectivity index (χ0v) is 11.0. The van der Waals surface area contributed by atoms with Gasteiger partial charge in [0.25, 0.3) is 0 Å². The number of pyridine rings is 1. The van der Waals surface area contributed by atoms with E-state index in [9.17, 15) is 5.11 Å². The minimum Gasteiger partial charge on any atom is -0.389 e. The number of hydrogen-bond acceptors (Lipinski definition) is 4. The highest BCUT2D eigenvalue weighted by atomic mass is 35.5. The number of nitrogens with two attached hydrogens (primary N) is 1. The molecular formula is C10H15Cl2N3O. The molecule has 1 heterocycles. The van der Waals surface area contributed by atoms with Crippen molar-refractivity contribution in [2.45, 2.75) is 19.4 Å². The quantitative estimate of drug-likeness (QED) is 0.878. The Morgan fingerprint density at radius 2 is 2.00 bits per heavy atom. The fourth-order valence-electron chi connectivity index (χ4n) is 1.39. The van der Waals surface area contributed by atoms with Crippen LogP contribution in [0.1, 0.15) is 13.8 Å². The molecule has 4 nitrogen and oxygen atoms in total. The average molecular weight is 264 g/mol. The molecule has 0 aromatic carbocycles. The molecule has 0 aliphatic carbocycles. The lowest BCUT2D eigenvalue weighted by molar-refractivity contribution is 0.0885. The van der Waals surface area contributed by atoms with Gasteiger partial charge in [0, 0.05) is 13.6 Å². The summed E-state index contributed by atoms with van der Waals surface area (Å²) in [6, 6.07) is 1.54. The SMILES string of the molecule is CN(CC(C)(C)O)c1nc(N)c(Cl)cc1Cl. The van der Waals surface area contributed by atoms with Gasteiger partial charge in [0.1, 0.15) is 11.6 Å². The van der Waals surface area contributed by atoms with Crippen molar-refractivity contribution >= 4 is 34.8 Å². The molecule has 0 saturated heterocycles. The molecule has 0 atom stereocenters. The average Bonchev–Trinajstić information content (AvgIpc) is 2.08. The van der Waals surface area contributed by atoms with E-state index in [4.69, 9.17) is 28.9 Å². The van der Waals surface area contributed by atoms with Gasteiger partial charge in [-0.3, -0.25) is 0 Å². The molecule has 0 amide bonds. The van der Waals surface area contributed by atoms with E-state index >= 15 is 0 Å². The molecule has 0 unspecified atom stereocenters. The van der Waals surface area contributed by atoms with Gasteiger partial charge in [-0.05, 0) is 19.9 Å². The Hall–Kier alpha value is -0.710. The first kappa shape index (κ1) is 13.4. The van der Waals surface area contributed by atoms with Gasteiger partial charge in [-0.2, -0.15) is 0 Å². The van der Waals surface area contributed by atoms with Gasteiger partial charge in [-0.15, -0.1) is 0 Å². The zero-order chi connectivity index (χ0) is 12.5. The lowest BCUT2D eigenvalue weighted by Gasteiger charge is -2.27. The first-order chi connectivity index (χ1) is 7.20. The van der Waals surface area contributed by atoms with E-state index in [1.807, 2.05) is 0 Å². The fraction of sp³-hybridized carbons (Fsp3) is 0.500. The van der Waals surface area contributed by atoms with Crippen molar-refractivity contribution in [2.75, 3.05) is 24.2 Å². The van der Waals surface area contributed by atoms with Crippen LogP contribution < -0.4 is 10.6 Å². The Kier molecular flexibility index (Phi) is 3.88. The molecule has 0 aliphatic heterocycles. The van der Waals surface area contributed by atoms with Gasteiger partial charge < -0.3 is 15.7 Å². The highest BCUT2D eigenvalue weighted by molar-refractivity contribution is 6.37. The topological polar surface area (TPSA) is 62.4 Å². The Balaban J connectivity index is 3.00. The summed E-state index contributed by atoms with van der Waals surface area (Å²) in [5, 5.41) is 10.4. The van der Waals surface area contributed by atoms with Crippen LogP contribution in [0.4, 0.5) is 11.6 Å². The van der Waals surface area contributed by atoms with E-state index in [1.54, 1.807) is 31.9 Å². The van der Waals surface area contributed by atoms with Crippen LogP contribution >= 0.6 is 23.2 Å². The molecule has 3 N–H and O–H groups in total. The second-order valence-corrected chi connectivity index (χ2v) is 5.14. The molecule has 0 spiro atoms. The van der Waals surface area contributed by atoms with Crippen molar-refractivity contribution in [3.8, 4) is 0 Å². The van der Waals surface area contributed by atoms with Crippen LogP contribution in [-0.2, 0) is 0 Å². The van der Waals surface area contributed by atoms with E-state index in [-0.39, 0.29) is 5.82 Å². The van der Waals surface area contributed by atoms with Crippen LogP contribution in [0, 0.1) is 0 Å². The normalized spacial score (nSPS) is 11.6. The van der Waals surface area contributed by atoms with Crippen LogP contribution in [0.2, 0.25) is 10.0 Å². The molecular weight excluding hydrogens is 249 g/mol. The molecule has 0 bridgehead atoms. The van der Waals surface area contributed by atoms with Gasteiger partial charge in [-0.1, -0.05) is 23.2 Å². The van der Waals surface area contributed by atoms with Crippen molar-refractivity contribution in [1.29, 1.82) is 0 Å². The highest BCUT2D eigenvalue weighted by Gasteiger charge is 2.19. The van der Waals surface area contributed by atoms with Crippen molar-refractivity contribution in [2.24, 2.45) is 0 Å². The number of hydrogen-bond donors (Lipinski definition) is 2. The summed E-state index contributed by atoms with van der Waals surface area (Å²) < 4.78 is 0. The first-order valence-corrected chi connectivity index (χ1v) is 5.51. The monoisotopic (exact) mass is 263 g/mol. The zero-order valence-electron chi connectivity index (χ0n) is 9.46. The van der Waals surface area contributed by atoms with Gasteiger partial charge >= 0.3 is 0 Å². The largest absolute Gasteiger partial charge is 0.389 e. The maximum atomic E-state index is 9.69. The van der Waals surface area contributed by atoms with Gasteiger partial charge in [0.2, 0.25) is 0 Å². The second-order valence-electron chi connectivity index (χ2n) is 4.33. The van der Waals surface area contributed by atoms with E-state index in [2.05, 4.69) is 4.98 Å². The third-order valence-corrected chi connectivity index (χ3v) is 2.50. The number of anilines is 2. The fourth-order valence-corrected chi connectivity index (χ4v) is 1.90. The van der Waals surface area contributed by atoms with E-state index in [1.165, 1.54) is 0 Å². The van der Waals surface area contributed by atoms with Crippen molar-refractivity contribution in [3.63, 3.8) is 0 Å². The number of likely N-dealkylation sites (N-methyl/N-ethyl adjacent to an activating group) is 1. The summed E-state index contributed by atoms with van der Waals surface area (Å²) >= 11 is 11.8. The maximum Gasteiger partial charge on any atom is 0.149 e. The smallest absolute Gasteiger partial charge is 0.149 e. The molecule has 1 rings (SSSR count). The molecule has 6 heteroatoms. The molecule has 0 aliphatic rings. The van der Waals surface area contributed by atoms with Crippen molar-refractivity contribution in [3.05, 3.63) is 16.1 Å². The summed E-state index contributed by atoms with van der Waals surface area (Å²) in [7, 11) is 1.78. The molecule has 0 saturated carbocycles. The van der Waals surface area contributed by atoms with E-state index in [0.717, 1.165) is 0 Å². The standard InChI is InChI=1S/C10H15Cl2N3O/c1-10(2,16)5-15(3)9-7(12)4-6(11)8(13)14-9/h4,16H,5H2,1-3H3,(H2,13,14). The summed E-state index contributed by atoms with van der Waals surface area (Å²) in [5.41, 5.74) is 4.76. The van der Waals surface area contributed by atoms with Crippen molar-refractivity contribution in [1.82, 2.24) is 4.98 Å². The predicted molar refractivity (Wildman–Crippen MR) is 68.2 cm³/mol. The molecule has 1 aromatic rings. The Bertz CT molecular complexity index is 390. The van der Waals surface area contributed by atoms with Gasteiger partial charge in [0.15, 0.2) is 0 Å². The van der Waals surface area contributed by atoms with Crippen LogP contribution in [0.25, 0.3) is 0 Å². The number of aromatic nitrogens is 1. The molecule has 0 radical (unpaired) electrons. The highest BCUT2D eigenvalue weighted by Crippen LogP contribution is 2.29. The van der Waals surface area contributed by atoms with Crippen LogP contribution in [0.15, 0.2) is 6.07 Å². The lowest BCUT2D eigenvalue weighted by atomic mass is 10.1. The number of nitrogen functional groups attached to an aromatic ring is 1. The predicted octanol–water partition coefficient (Wildman–Crippen LogP) is 2.18. The Morgan fingerprint density at radius 1 is 1.44 bits per heavy atom. The van der Waals surface area contributed by atoms with Crippen molar-refractivity contribution < 1.29 is 5.11 Å². The van der Waals surface area contributed by atoms with Crippen LogP contribution in [0.3, 0.4) is 0 Å². The summed E-state index contributed by atoms with van der Waals surface area (Å²) in [4.78, 5) is 5.82. The summed E-state index contributed by atoms with van der Waals surface area (Å²) in [5.74, 6) is 0.731. The molecule has 16 heavy (non-hydrogen) atoms. The summed E-state index contributed by atoms with van der Waals surface area (Å²) in [6.45, 7) is 3.80. The third kappa shape index (κ3) is 3.40. The minimum absolute atomic E-state index is 0.226. The third-order valence-electron chi connectivity index (χ3n) is 1.92. The number of nitrogens with zero attached hydrogens (tertiary/aromatic N) is 2. The van der Waals surface area contributed by atoms with Gasteiger partial charge in [0.05, 0.1) is 15.6 Å². The van der Waals surface area contributed by atoms with Gasteiger partial charge in [-0.25, -0.2) is 4.98 Å². The lowest BCUT2D eigenvalue weighted by Crippen LogP contribution is -2.36. The maximum absolute atomic E-state index is 9.69. The second kappa shape index (κ2) is 4.65. The van der Waals surface area contributed by atoms with E-state index < -0.39 is 5.60 Å². The Morgan fingerprint density at radius 3 is 2.50 bits per heavy atom. The van der Waals surface area contributed by atoms with E-state index in [0.29, 0.717) is 22.4 Å².